The van der Waals surface area contributed by atoms with Crippen molar-refractivity contribution in [2.24, 2.45) is 0 Å². The number of nitriles is 1. The van der Waals surface area contributed by atoms with Crippen LogP contribution in [0.25, 0.3) is 5.69 Å². The van der Waals surface area contributed by atoms with Crippen LogP contribution in [0.4, 0.5) is 5.69 Å². The number of aryl methyl sites for hydroxylation is 1. The fourth-order valence-electron chi connectivity index (χ4n) is 1.36. The molecular weight excluding hydrogens is 212 g/mol. The maximum atomic E-state index is 8.93. The lowest BCUT2D eigenvalue weighted by Crippen LogP contribution is -1.97. The Morgan fingerprint density at radius 3 is 2.47 bits per heavy atom. The van der Waals surface area contributed by atoms with E-state index in [2.05, 4.69) is 11.2 Å². The summed E-state index contributed by atoms with van der Waals surface area (Å²) in [6.07, 6.45) is 1.71. The maximum Gasteiger partial charge on any atom is 0.101 e. The van der Waals surface area contributed by atoms with Gasteiger partial charge in [0.2, 0.25) is 0 Å². The topological polar surface area (TPSA) is 67.6 Å². The van der Waals surface area contributed by atoms with Gasteiger partial charge in [0.1, 0.15) is 6.07 Å². The normalized spacial score (nSPS) is 9.06. The van der Waals surface area contributed by atoms with E-state index in [1.807, 2.05) is 39.0 Å². The molecule has 0 radical (unpaired) electrons. The minimum atomic E-state index is 0.583. The van der Waals surface area contributed by atoms with Gasteiger partial charge in [-0.05, 0) is 19.1 Å². The molecule has 0 aliphatic heterocycles. The van der Waals surface area contributed by atoms with Crippen molar-refractivity contribution in [3.05, 3.63) is 41.7 Å². The predicted octanol–water partition coefficient (Wildman–Crippen LogP) is 2.66. The predicted molar refractivity (Wildman–Crippen MR) is 68.8 cm³/mol. The molecule has 4 heteroatoms. The lowest BCUT2D eigenvalue weighted by atomic mass is 10.2. The van der Waals surface area contributed by atoms with Gasteiger partial charge in [-0.1, -0.05) is 26.0 Å². The summed E-state index contributed by atoms with van der Waals surface area (Å²) >= 11 is 0. The van der Waals surface area contributed by atoms with Crippen molar-refractivity contribution in [3.8, 4) is 11.8 Å². The lowest BCUT2D eigenvalue weighted by Gasteiger charge is -2.02. The van der Waals surface area contributed by atoms with E-state index in [-0.39, 0.29) is 0 Å². The first kappa shape index (κ1) is 12.8. The van der Waals surface area contributed by atoms with Crippen molar-refractivity contribution in [1.82, 2.24) is 9.78 Å². The van der Waals surface area contributed by atoms with Crippen LogP contribution in [0, 0.1) is 18.3 Å². The van der Waals surface area contributed by atoms with Gasteiger partial charge >= 0.3 is 0 Å². The molecule has 0 atom stereocenters. The zero-order chi connectivity index (χ0) is 12.8. The fourth-order valence-corrected chi connectivity index (χ4v) is 1.36. The lowest BCUT2D eigenvalue weighted by molar-refractivity contribution is 0.860. The van der Waals surface area contributed by atoms with Crippen molar-refractivity contribution >= 4 is 5.69 Å². The number of nitrogens with zero attached hydrogens (tertiary/aromatic N) is 3. The molecule has 0 saturated heterocycles. The Bertz CT molecular complexity index is 515. The minimum absolute atomic E-state index is 0.583. The number of nitrogens with two attached hydrogens (primary N) is 1. The number of hydrogen-bond donors (Lipinski definition) is 1. The monoisotopic (exact) mass is 228 g/mol. The first-order chi connectivity index (χ1) is 8.22. The number of benzene rings is 1. The highest BCUT2D eigenvalue weighted by molar-refractivity contribution is 5.51. The van der Waals surface area contributed by atoms with Gasteiger partial charge in [-0.2, -0.15) is 10.4 Å². The quantitative estimate of drug-likeness (QED) is 0.815. The second-order valence-corrected chi connectivity index (χ2v) is 3.24. The van der Waals surface area contributed by atoms with Gasteiger partial charge in [-0.25, -0.2) is 4.68 Å². The molecule has 2 rings (SSSR count). The van der Waals surface area contributed by atoms with E-state index < -0.39 is 0 Å². The van der Waals surface area contributed by atoms with Gasteiger partial charge < -0.3 is 5.73 Å². The molecular formula is C13H16N4. The molecule has 2 aromatic rings. The Labute approximate surface area is 101 Å². The van der Waals surface area contributed by atoms with Crippen LogP contribution in [0.2, 0.25) is 0 Å². The molecule has 0 fully saturated rings. The number of rotatable bonds is 1. The molecule has 2 N–H and O–H groups in total. The summed E-state index contributed by atoms with van der Waals surface area (Å²) < 4.78 is 1.63. The van der Waals surface area contributed by atoms with Gasteiger partial charge in [0, 0.05) is 0 Å². The van der Waals surface area contributed by atoms with Gasteiger partial charge in [-0.3, -0.25) is 0 Å². The average molecular weight is 228 g/mol. The van der Waals surface area contributed by atoms with Gasteiger partial charge in [0.05, 0.1) is 28.8 Å². The third-order valence-corrected chi connectivity index (χ3v) is 2.21. The van der Waals surface area contributed by atoms with Crippen LogP contribution in [0.15, 0.2) is 30.5 Å². The summed E-state index contributed by atoms with van der Waals surface area (Å²) in [7, 11) is 0. The number of aromatic nitrogens is 2. The average Bonchev–Trinajstić information content (AvgIpc) is 2.72. The molecule has 0 saturated carbocycles. The third-order valence-electron chi connectivity index (χ3n) is 2.21. The molecule has 0 aliphatic rings. The summed E-state index contributed by atoms with van der Waals surface area (Å²) in [5, 5.41) is 13.2. The molecule has 1 aromatic heterocycles. The minimum Gasteiger partial charge on any atom is -0.396 e. The Hall–Kier alpha value is -2.28. The smallest absolute Gasteiger partial charge is 0.101 e. The Kier molecular flexibility index (Phi) is 4.29. The number of hydrogen-bond acceptors (Lipinski definition) is 3. The van der Waals surface area contributed by atoms with Crippen LogP contribution in [0.5, 0.6) is 0 Å². The first-order valence-electron chi connectivity index (χ1n) is 5.53. The molecule has 88 valence electrons. The van der Waals surface area contributed by atoms with Crippen LogP contribution in [-0.2, 0) is 0 Å². The highest BCUT2D eigenvalue weighted by Crippen LogP contribution is 2.16. The van der Waals surface area contributed by atoms with Crippen LogP contribution in [0.3, 0.4) is 0 Å². The summed E-state index contributed by atoms with van der Waals surface area (Å²) in [6, 6.07) is 9.40. The summed E-state index contributed by atoms with van der Waals surface area (Å²) in [5.74, 6) is 0. The van der Waals surface area contributed by atoms with E-state index in [1.54, 1.807) is 16.9 Å². The molecule has 0 aliphatic carbocycles. The summed E-state index contributed by atoms with van der Waals surface area (Å²) in [4.78, 5) is 0. The first-order valence-corrected chi connectivity index (χ1v) is 5.53. The Morgan fingerprint density at radius 2 is 1.94 bits per heavy atom. The van der Waals surface area contributed by atoms with Crippen LogP contribution in [-0.4, -0.2) is 9.78 Å². The van der Waals surface area contributed by atoms with Crippen molar-refractivity contribution in [2.45, 2.75) is 20.8 Å². The van der Waals surface area contributed by atoms with Gasteiger partial charge in [0.15, 0.2) is 0 Å². The van der Waals surface area contributed by atoms with Gasteiger partial charge in [-0.15, -0.1) is 0 Å². The number of anilines is 1. The molecule has 17 heavy (non-hydrogen) atoms. The van der Waals surface area contributed by atoms with E-state index in [0.717, 1.165) is 11.4 Å². The van der Waals surface area contributed by atoms with E-state index in [9.17, 15) is 0 Å². The second kappa shape index (κ2) is 5.71. The molecule has 1 heterocycles. The zero-order valence-electron chi connectivity index (χ0n) is 10.3. The van der Waals surface area contributed by atoms with Crippen molar-refractivity contribution < 1.29 is 0 Å². The third kappa shape index (κ3) is 2.64. The van der Waals surface area contributed by atoms with Gasteiger partial charge in [0.25, 0.3) is 0 Å². The van der Waals surface area contributed by atoms with E-state index in [0.29, 0.717) is 11.3 Å². The molecule has 0 bridgehead atoms. The molecule has 0 amide bonds. The second-order valence-electron chi connectivity index (χ2n) is 3.24. The van der Waals surface area contributed by atoms with Crippen LogP contribution >= 0.6 is 0 Å². The molecule has 0 spiro atoms. The Morgan fingerprint density at radius 1 is 1.29 bits per heavy atom. The van der Waals surface area contributed by atoms with E-state index in [4.69, 9.17) is 11.0 Å². The highest BCUT2D eigenvalue weighted by atomic mass is 15.3. The van der Waals surface area contributed by atoms with Crippen LogP contribution < -0.4 is 5.73 Å². The number of nitrogen functional groups attached to an aromatic ring is 1. The maximum absolute atomic E-state index is 8.93. The fraction of sp³-hybridized carbons (Fsp3) is 0.231. The zero-order valence-corrected chi connectivity index (χ0v) is 10.3. The Balaban J connectivity index is 0.000000686. The SMILES string of the molecule is CC.Cc1nn(-c2ccccc2C#N)cc1N. The highest BCUT2D eigenvalue weighted by Gasteiger charge is 2.06. The summed E-state index contributed by atoms with van der Waals surface area (Å²) in [6.45, 7) is 5.83. The molecule has 4 nitrogen and oxygen atoms in total. The van der Waals surface area contributed by atoms with E-state index >= 15 is 0 Å². The standard InChI is InChI=1S/C11H10N4.C2H6/c1-8-10(13)7-15(14-8)11-5-3-2-4-9(11)6-12;1-2/h2-5,7H,13H2,1H3;1-2H3. The van der Waals surface area contributed by atoms with Crippen LogP contribution in [0.1, 0.15) is 25.1 Å². The number of para-hydroxylation sites is 1. The van der Waals surface area contributed by atoms with Crippen molar-refractivity contribution in [3.63, 3.8) is 0 Å². The van der Waals surface area contributed by atoms with Crippen molar-refractivity contribution in [1.29, 1.82) is 5.26 Å². The largest absolute Gasteiger partial charge is 0.396 e. The van der Waals surface area contributed by atoms with E-state index in [1.165, 1.54) is 0 Å². The van der Waals surface area contributed by atoms with Crippen molar-refractivity contribution in [2.75, 3.05) is 5.73 Å². The molecule has 0 unspecified atom stereocenters. The summed E-state index contributed by atoms with van der Waals surface area (Å²) in [5.41, 5.74) is 8.43. The molecule has 1 aromatic carbocycles.